The molecule has 94 valence electrons. The summed E-state index contributed by atoms with van der Waals surface area (Å²) in [5.41, 5.74) is 1.18. The van der Waals surface area contributed by atoms with E-state index in [9.17, 15) is 0 Å². The molecule has 1 aromatic heterocycles. The minimum Gasteiger partial charge on any atom is -0.368 e. The van der Waals surface area contributed by atoms with Crippen molar-refractivity contribution in [1.29, 1.82) is 0 Å². The first kappa shape index (κ1) is 13.2. The van der Waals surface area contributed by atoms with Crippen LogP contribution in [0.3, 0.4) is 0 Å². The molecule has 2 heterocycles. The van der Waals surface area contributed by atoms with Crippen molar-refractivity contribution in [3.63, 3.8) is 0 Å². The lowest BCUT2D eigenvalue weighted by molar-refractivity contribution is 0.314. The highest BCUT2D eigenvalue weighted by atomic mass is 79.9. The minimum absolute atomic E-state index is 0.946. The molecule has 5 heteroatoms. The second-order valence-electron chi connectivity index (χ2n) is 4.22. The van der Waals surface area contributed by atoms with E-state index < -0.39 is 0 Å². The summed E-state index contributed by atoms with van der Waals surface area (Å²) >= 11 is 5.58. The molecule has 1 aliphatic rings. The summed E-state index contributed by atoms with van der Waals surface area (Å²) in [4.78, 5) is 6.89. The van der Waals surface area contributed by atoms with Crippen molar-refractivity contribution in [2.75, 3.05) is 43.0 Å². The Morgan fingerprint density at radius 3 is 2.94 bits per heavy atom. The molecule has 0 bridgehead atoms. The summed E-state index contributed by atoms with van der Waals surface area (Å²) in [7, 11) is 0. The van der Waals surface area contributed by atoms with Gasteiger partial charge in [-0.15, -0.1) is 0 Å². The summed E-state index contributed by atoms with van der Waals surface area (Å²) in [6, 6.07) is 2.09. The average Bonchev–Trinajstić information content (AvgIpc) is 2.33. The lowest BCUT2D eigenvalue weighted by atomic mass is 10.3. The monoisotopic (exact) mass is 315 g/mol. The van der Waals surface area contributed by atoms with Crippen LogP contribution in [0.5, 0.6) is 0 Å². The van der Waals surface area contributed by atoms with Crippen LogP contribution in [0.25, 0.3) is 0 Å². The maximum absolute atomic E-state index is 4.38. The lowest BCUT2D eigenvalue weighted by Crippen LogP contribution is -2.36. The molecule has 17 heavy (non-hydrogen) atoms. The molecule has 1 aliphatic heterocycles. The number of halogens is 1. The molecule has 1 fully saturated rings. The minimum atomic E-state index is 0.946. The van der Waals surface area contributed by atoms with Gasteiger partial charge in [0, 0.05) is 43.9 Å². The van der Waals surface area contributed by atoms with E-state index >= 15 is 0 Å². The second kappa shape index (κ2) is 6.61. The Kier molecular flexibility index (Phi) is 5.13. The number of nitrogens with one attached hydrogen (secondary N) is 1. The van der Waals surface area contributed by atoms with E-state index in [0.717, 1.165) is 23.4 Å². The molecular weight excluding hydrogens is 298 g/mol. The van der Waals surface area contributed by atoms with Crippen molar-refractivity contribution in [1.82, 2.24) is 9.88 Å². The normalized spacial score (nSPS) is 17.1. The zero-order valence-electron chi connectivity index (χ0n) is 10.1. The first-order chi connectivity index (χ1) is 8.25. The van der Waals surface area contributed by atoms with Gasteiger partial charge in [-0.3, -0.25) is 4.90 Å². The molecule has 0 amide bonds. The number of hydrogen-bond donors (Lipinski definition) is 1. The standard InChI is InChI=1S/C12H18BrN3S/c1-10-8-11(13)12(15-9-10)14-2-3-16-4-6-17-7-5-16/h8-9H,2-7H2,1H3,(H,14,15). The van der Waals surface area contributed by atoms with Gasteiger partial charge in [-0.1, -0.05) is 0 Å². The van der Waals surface area contributed by atoms with Crippen LogP contribution in [0, 0.1) is 6.92 Å². The SMILES string of the molecule is Cc1cnc(NCCN2CCSCC2)c(Br)c1. The molecular formula is C12H18BrN3S. The molecule has 3 nitrogen and oxygen atoms in total. The summed E-state index contributed by atoms with van der Waals surface area (Å²) in [6.07, 6.45) is 1.89. The summed E-state index contributed by atoms with van der Waals surface area (Å²) in [5.74, 6) is 3.49. The smallest absolute Gasteiger partial charge is 0.140 e. The third kappa shape index (κ3) is 4.16. The Hall–Kier alpha value is -0.260. The Morgan fingerprint density at radius 2 is 2.24 bits per heavy atom. The van der Waals surface area contributed by atoms with Crippen LogP contribution in [0.15, 0.2) is 16.7 Å². The predicted octanol–water partition coefficient (Wildman–Crippen LogP) is 2.61. The first-order valence-corrected chi connectivity index (χ1v) is 7.86. The molecule has 1 N–H and O–H groups in total. The fraction of sp³-hybridized carbons (Fsp3) is 0.583. The fourth-order valence-electron chi connectivity index (χ4n) is 1.82. The molecule has 0 radical (unpaired) electrons. The van der Waals surface area contributed by atoms with Gasteiger partial charge in [-0.2, -0.15) is 11.8 Å². The molecule has 0 spiro atoms. The van der Waals surface area contributed by atoms with Crippen LogP contribution in [0.4, 0.5) is 5.82 Å². The quantitative estimate of drug-likeness (QED) is 0.924. The van der Waals surface area contributed by atoms with Gasteiger partial charge >= 0.3 is 0 Å². The van der Waals surface area contributed by atoms with Crippen molar-refractivity contribution in [2.45, 2.75) is 6.92 Å². The van der Waals surface area contributed by atoms with Crippen molar-refractivity contribution in [2.24, 2.45) is 0 Å². The first-order valence-electron chi connectivity index (χ1n) is 5.92. The average molecular weight is 316 g/mol. The molecule has 0 aliphatic carbocycles. The van der Waals surface area contributed by atoms with Gasteiger partial charge in [0.25, 0.3) is 0 Å². The Labute approximate surface area is 116 Å². The maximum atomic E-state index is 4.38. The topological polar surface area (TPSA) is 28.2 Å². The number of hydrogen-bond acceptors (Lipinski definition) is 4. The number of rotatable bonds is 4. The largest absolute Gasteiger partial charge is 0.368 e. The van der Waals surface area contributed by atoms with Gasteiger partial charge in [-0.25, -0.2) is 4.98 Å². The van der Waals surface area contributed by atoms with Gasteiger partial charge in [-0.05, 0) is 34.5 Å². The second-order valence-corrected chi connectivity index (χ2v) is 6.30. The maximum Gasteiger partial charge on any atom is 0.140 e. The number of aromatic nitrogens is 1. The van der Waals surface area contributed by atoms with Crippen LogP contribution in [-0.2, 0) is 0 Å². The zero-order chi connectivity index (χ0) is 12.1. The highest BCUT2D eigenvalue weighted by Gasteiger charge is 2.09. The van der Waals surface area contributed by atoms with E-state index in [1.54, 1.807) is 0 Å². The summed E-state index contributed by atoms with van der Waals surface area (Å²) in [5, 5.41) is 3.38. The highest BCUT2D eigenvalue weighted by Crippen LogP contribution is 2.20. The van der Waals surface area contributed by atoms with E-state index in [4.69, 9.17) is 0 Å². The summed E-state index contributed by atoms with van der Waals surface area (Å²) < 4.78 is 1.05. The van der Waals surface area contributed by atoms with Gasteiger partial charge in [0.05, 0.1) is 4.47 Å². The molecule has 0 aromatic carbocycles. The summed E-state index contributed by atoms with van der Waals surface area (Å²) in [6.45, 7) is 6.54. The lowest BCUT2D eigenvalue weighted by Gasteiger charge is -2.26. The Balaban J connectivity index is 1.77. The van der Waals surface area contributed by atoms with Crippen LogP contribution in [0.2, 0.25) is 0 Å². The highest BCUT2D eigenvalue weighted by molar-refractivity contribution is 9.10. The van der Waals surface area contributed by atoms with Crippen LogP contribution < -0.4 is 5.32 Å². The Morgan fingerprint density at radius 1 is 1.47 bits per heavy atom. The van der Waals surface area contributed by atoms with E-state index in [1.165, 1.54) is 30.2 Å². The molecule has 0 atom stereocenters. The van der Waals surface area contributed by atoms with Crippen molar-refractivity contribution in [3.05, 3.63) is 22.3 Å². The fourth-order valence-corrected chi connectivity index (χ4v) is 3.40. The molecule has 1 saturated heterocycles. The van der Waals surface area contributed by atoms with E-state index in [0.29, 0.717) is 0 Å². The Bertz CT molecular complexity index is 367. The van der Waals surface area contributed by atoms with Crippen LogP contribution in [-0.4, -0.2) is 47.6 Å². The van der Waals surface area contributed by atoms with Crippen molar-refractivity contribution in [3.8, 4) is 0 Å². The predicted molar refractivity (Wildman–Crippen MR) is 78.9 cm³/mol. The third-order valence-electron chi connectivity index (χ3n) is 2.80. The molecule has 1 aromatic rings. The van der Waals surface area contributed by atoms with Crippen molar-refractivity contribution < 1.29 is 0 Å². The number of pyridine rings is 1. The van der Waals surface area contributed by atoms with Crippen molar-refractivity contribution >= 4 is 33.5 Å². The van der Waals surface area contributed by atoms with Gasteiger partial charge in [0.15, 0.2) is 0 Å². The van der Waals surface area contributed by atoms with E-state index in [1.807, 2.05) is 13.1 Å². The zero-order valence-corrected chi connectivity index (χ0v) is 12.5. The number of thioether (sulfide) groups is 1. The van der Waals surface area contributed by atoms with Gasteiger partial charge < -0.3 is 5.32 Å². The number of nitrogens with zero attached hydrogens (tertiary/aromatic N) is 2. The van der Waals surface area contributed by atoms with Crippen LogP contribution in [0.1, 0.15) is 5.56 Å². The van der Waals surface area contributed by atoms with Crippen LogP contribution >= 0.6 is 27.7 Å². The molecule has 0 saturated carbocycles. The van der Waals surface area contributed by atoms with Gasteiger partial charge in [0.1, 0.15) is 5.82 Å². The van der Waals surface area contributed by atoms with E-state index in [2.05, 4.69) is 49.0 Å². The molecule has 2 rings (SSSR count). The van der Waals surface area contributed by atoms with E-state index in [-0.39, 0.29) is 0 Å². The molecule has 0 unspecified atom stereocenters. The number of aryl methyl sites for hydroxylation is 1. The number of anilines is 1. The van der Waals surface area contributed by atoms with Gasteiger partial charge in [0.2, 0.25) is 0 Å². The third-order valence-corrected chi connectivity index (χ3v) is 4.35.